The Morgan fingerprint density at radius 1 is 0.548 bits per heavy atom. The van der Waals surface area contributed by atoms with E-state index in [1.807, 2.05) is 0 Å². The SMILES string of the molecule is CC1(C)OB(c2cc3c4c(c2)-n2c5ccccc5c5cccc(c52)B4c2cccc4c5ccccc5n-3c24)OC1(C)C. The average Bonchev–Trinajstić information content (AvgIpc) is 3.59. The van der Waals surface area contributed by atoms with Gasteiger partial charge in [-0.2, -0.15) is 0 Å². The lowest BCUT2D eigenvalue weighted by atomic mass is 9.34. The maximum atomic E-state index is 6.67. The van der Waals surface area contributed by atoms with Crippen LogP contribution in [0.2, 0.25) is 0 Å². The Bertz CT molecular complexity index is 2190. The molecule has 0 unspecified atom stereocenters. The van der Waals surface area contributed by atoms with Gasteiger partial charge in [-0.05, 0) is 73.8 Å². The van der Waals surface area contributed by atoms with Gasteiger partial charge in [0.05, 0.1) is 22.2 Å². The topological polar surface area (TPSA) is 28.3 Å². The Hall–Kier alpha value is -4.25. The van der Waals surface area contributed by atoms with E-state index in [1.54, 1.807) is 0 Å². The average molecular weight is 542 g/mol. The highest BCUT2D eigenvalue weighted by Gasteiger charge is 2.52. The Balaban J connectivity index is 1.41. The predicted molar refractivity (Wildman–Crippen MR) is 175 cm³/mol. The Morgan fingerprint density at radius 2 is 1.00 bits per heavy atom. The van der Waals surface area contributed by atoms with Gasteiger partial charge in [-0.1, -0.05) is 72.8 Å². The van der Waals surface area contributed by atoms with Crippen molar-refractivity contribution in [3.8, 4) is 11.4 Å². The first-order chi connectivity index (χ1) is 20.3. The largest absolute Gasteiger partial charge is 0.494 e. The van der Waals surface area contributed by atoms with E-state index in [0.29, 0.717) is 0 Å². The second-order valence-corrected chi connectivity index (χ2v) is 13.2. The van der Waals surface area contributed by atoms with Crippen LogP contribution in [0.3, 0.4) is 0 Å². The molecule has 0 amide bonds. The van der Waals surface area contributed by atoms with Crippen LogP contribution in [-0.2, 0) is 9.31 Å². The smallest absolute Gasteiger partial charge is 0.399 e. The lowest BCUT2D eigenvalue weighted by molar-refractivity contribution is 0.00578. The van der Waals surface area contributed by atoms with Gasteiger partial charge in [0.15, 0.2) is 0 Å². The number of nitrogens with zero attached hydrogens (tertiary/aromatic N) is 2. The summed E-state index contributed by atoms with van der Waals surface area (Å²) in [4.78, 5) is 0. The van der Waals surface area contributed by atoms with Crippen molar-refractivity contribution < 1.29 is 9.31 Å². The van der Waals surface area contributed by atoms with Crippen molar-refractivity contribution in [3.63, 3.8) is 0 Å². The standard InChI is InChI=1S/C36H28B2N2O2/c1-35(2)36(3,4)42-38(41-35)21-19-30-32-31(20-21)40-29-18-8-6-12-23(29)25-14-10-16-27(34(25)40)37(32)26-15-9-13-24-22-11-5-7-17-28(22)39(30)33(24)26/h5-20H,1-4H3. The molecule has 0 N–H and O–H groups in total. The van der Waals surface area contributed by atoms with E-state index < -0.39 is 18.3 Å². The minimum absolute atomic E-state index is 0.128. The molecule has 5 heterocycles. The van der Waals surface area contributed by atoms with Crippen molar-refractivity contribution >= 4 is 79.3 Å². The van der Waals surface area contributed by atoms with E-state index in [9.17, 15) is 0 Å². The Kier molecular flexibility index (Phi) is 4.10. The summed E-state index contributed by atoms with van der Waals surface area (Å²) in [5, 5.41) is 5.17. The minimum atomic E-state index is -0.459. The summed E-state index contributed by atoms with van der Waals surface area (Å²) in [6.45, 7) is 8.64. The van der Waals surface area contributed by atoms with Crippen molar-refractivity contribution in [2.75, 3.05) is 0 Å². The quantitative estimate of drug-likeness (QED) is 0.263. The van der Waals surface area contributed by atoms with Crippen LogP contribution < -0.4 is 21.9 Å². The van der Waals surface area contributed by atoms with Crippen LogP contribution in [-0.4, -0.2) is 34.2 Å². The van der Waals surface area contributed by atoms with Gasteiger partial charge in [0.25, 0.3) is 6.71 Å². The van der Waals surface area contributed by atoms with Crippen LogP contribution in [0, 0.1) is 0 Å². The molecular weight excluding hydrogens is 514 g/mol. The normalized spacial score (nSPS) is 17.6. The van der Waals surface area contributed by atoms with Crippen molar-refractivity contribution in [1.29, 1.82) is 0 Å². The fraction of sp³-hybridized carbons (Fsp3) is 0.167. The molecule has 200 valence electrons. The maximum absolute atomic E-state index is 6.67. The summed E-state index contributed by atoms with van der Waals surface area (Å²) < 4.78 is 18.3. The molecule has 4 nitrogen and oxygen atoms in total. The molecule has 10 rings (SSSR count). The molecule has 0 saturated carbocycles. The molecule has 1 saturated heterocycles. The fourth-order valence-electron chi connectivity index (χ4n) is 7.96. The van der Waals surface area contributed by atoms with Gasteiger partial charge < -0.3 is 18.4 Å². The van der Waals surface area contributed by atoms with Crippen LogP contribution in [0.5, 0.6) is 0 Å². The monoisotopic (exact) mass is 542 g/mol. The summed E-state index contributed by atoms with van der Waals surface area (Å²) in [5.74, 6) is 0. The van der Waals surface area contributed by atoms with Gasteiger partial charge in [-0.3, -0.25) is 0 Å². The molecule has 5 aromatic carbocycles. The molecular formula is C36H28B2N2O2. The molecule has 3 aliphatic rings. The lowest BCUT2D eigenvalue weighted by Gasteiger charge is -2.34. The summed E-state index contributed by atoms with van der Waals surface area (Å²) >= 11 is 0. The highest BCUT2D eigenvalue weighted by Crippen LogP contribution is 2.40. The molecule has 42 heavy (non-hydrogen) atoms. The number of hydrogen-bond donors (Lipinski definition) is 0. The summed E-state index contributed by atoms with van der Waals surface area (Å²) in [6.07, 6.45) is 0. The third kappa shape index (κ3) is 2.60. The maximum Gasteiger partial charge on any atom is 0.494 e. The lowest BCUT2D eigenvalue weighted by Crippen LogP contribution is -2.60. The second kappa shape index (κ2) is 7.38. The second-order valence-electron chi connectivity index (χ2n) is 13.2. The molecule has 1 fully saturated rings. The van der Waals surface area contributed by atoms with Gasteiger partial charge in [0.2, 0.25) is 0 Å². The first-order valence-corrected chi connectivity index (χ1v) is 14.9. The number of aromatic nitrogens is 2. The Labute approximate surface area is 244 Å². The molecule has 0 spiro atoms. The number of fused-ring (bicyclic) bond motifs is 10. The van der Waals surface area contributed by atoms with Gasteiger partial charge >= 0.3 is 7.12 Å². The highest BCUT2D eigenvalue weighted by molar-refractivity contribution is 7.00. The van der Waals surface area contributed by atoms with E-state index >= 15 is 0 Å². The molecule has 0 bridgehead atoms. The molecule has 0 aliphatic carbocycles. The molecule has 0 atom stereocenters. The highest BCUT2D eigenvalue weighted by atomic mass is 16.7. The first kappa shape index (κ1) is 23.3. The first-order valence-electron chi connectivity index (χ1n) is 14.9. The van der Waals surface area contributed by atoms with Crippen LogP contribution >= 0.6 is 0 Å². The molecule has 2 aromatic heterocycles. The third-order valence-electron chi connectivity index (χ3n) is 10.5. The number of rotatable bonds is 1. The van der Waals surface area contributed by atoms with Gasteiger partial charge in [0, 0.05) is 44.0 Å². The van der Waals surface area contributed by atoms with Gasteiger partial charge in [-0.15, -0.1) is 0 Å². The van der Waals surface area contributed by atoms with E-state index in [1.165, 1.54) is 71.4 Å². The van der Waals surface area contributed by atoms with Crippen molar-refractivity contribution in [2.24, 2.45) is 0 Å². The third-order valence-corrected chi connectivity index (χ3v) is 10.5. The number of hydrogen-bond acceptors (Lipinski definition) is 2. The van der Waals surface area contributed by atoms with E-state index in [2.05, 4.69) is 134 Å². The van der Waals surface area contributed by atoms with Gasteiger partial charge in [0.1, 0.15) is 0 Å². The molecule has 7 aromatic rings. The van der Waals surface area contributed by atoms with Crippen LogP contribution in [0.15, 0.2) is 97.1 Å². The molecule has 6 heteroatoms. The predicted octanol–water partition coefficient (Wildman–Crippen LogP) is 5.32. The van der Waals surface area contributed by atoms with Crippen LogP contribution in [0.1, 0.15) is 27.7 Å². The number of benzene rings is 5. The van der Waals surface area contributed by atoms with Crippen molar-refractivity contribution in [1.82, 2.24) is 9.13 Å². The van der Waals surface area contributed by atoms with Crippen LogP contribution in [0.25, 0.3) is 55.0 Å². The zero-order valence-electron chi connectivity index (χ0n) is 24.1. The van der Waals surface area contributed by atoms with Gasteiger partial charge in [-0.25, -0.2) is 0 Å². The Morgan fingerprint density at radius 3 is 1.50 bits per heavy atom. The van der Waals surface area contributed by atoms with E-state index in [0.717, 1.165) is 5.46 Å². The van der Waals surface area contributed by atoms with Crippen molar-refractivity contribution in [2.45, 2.75) is 38.9 Å². The molecule has 0 radical (unpaired) electrons. The summed E-state index contributed by atoms with van der Waals surface area (Å²) in [5.41, 5.74) is 11.8. The van der Waals surface area contributed by atoms with E-state index in [4.69, 9.17) is 9.31 Å². The van der Waals surface area contributed by atoms with Crippen molar-refractivity contribution in [3.05, 3.63) is 97.1 Å². The summed E-state index contributed by atoms with van der Waals surface area (Å²) in [6, 6.07) is 36.0. The fourth-order valence-corrected chi connectivity index (χ4v) is 7.96. The number of para-hydroxylation sites is 4. The molecule has 3 aliphatic heterocycles. The minimum Gasteiger partial charge on any atom is -0.399 e. The van der Waals surface area contributed by atoms with Crippen LogP contribution in [0.4, 0.5) is 0 Å². The zero-order chi connectivity index (χ0) is 28.1. The zero-order valence-corrected chi connectivity index (χ0v) is 24.1. The van der Waals surface area contributed by atoms with E-state index in [-0.39, 0.29) is 6.71 Å². The summed E-state index contributed by atoms with van der Waals surface area (Å²) in [7, 11) is -0.459.